The Morgan fingerprint density at radius 3 is 2.71 bits per heavy atom. The molecule has 2 N–H and O–H groups in total. The molecule has 0 saturated carbocycles. The zero-order chi connectivity index (χ0) is 12.7. The van der Waals surface area contributed by atoms with Gasteiger partial charge in [-0.1, -0.05) is 6.92 Å². The van der Waals surface area contributed by atoms with Crippen LogP contribution in [0.2, 0.25) is 0 Å². The second kappa shape index (κ2) is 6.85. The molecule has 0 spiro atoms. The third-order valence-electron chi connectivity index (χ3n) is 2.21. The summed E-state index contributed by atoms with van der Waals surface area (Å²) in [6.07, 6.45) is 1.53. The van der Waals surface area contributed by atoms with E-state index in [0.29, 0.717) is 25.3 Å². The summed E-state index contributed by atoms with van der Waals surface area (Å²) in [6.45, 7) is 4.36. The molecule has 1 unspecified atom stereocenters. The molecule has 5 nitrogen and oxygen atoms in total. The first kappa shape index (κ1) is 13.4. The number of rotatable bonds is 6. The largest absolute Gasteiger partial charge is 0.477 e. The molecule has 5 heteroatoms. The fourth-order valence-corrected chi connectivity index (χ4v) is 1.30. The van der Waals surface area contributed by atoms with Crippen molar-refractivity contribution < 1.29 is 14.3 Å². The molecule has 1 heterocycles. The molecule has 0 fully saturated rings. The molecule has 0 saturated heterocycles. The van der Waals surface area contributed by atoms with E-state index in [2.05, 4.69) is 4.98 Å². The average molecular weight is 238 g/mol. The number of carbonyl (C=O) groups excluding carboxylic acids is 1. The van der Waals surface area contributed by atoms with Crippen LogP contribution in [0.15, 0.2) is 18.3 Å². The van der Waals surface area contributed by atoms with E-state index in [0.717, 1.165) is 5.69 Å². The lowest BCUT2D eigenvalue weighted by Crippen LogP contribution is -2.28. The molecule has 1 atom stereocenters. The zero-order valence-electron chi connectivity index (χ0n) is 10.2. The van der Waals surface area contributed by atoms with Gasteiger partial charge in [-0.05, 0) is 25.5 Å². The first-order valence-corrected chi connectivity index (χ1v) is 5.69. The first-order chi connectivity index (χ1) is 8.21. The summed E-state index contributed by atoms with van der Waals surface area (Å²) in [5.74, 6) is 0.194. The lowest BCUT2D eigenvalue weighted by atomic mass is 10.3. The Hall–Kier alpha value is -1.62. The van der Waals surface area contributed by atoms with Gasteiger partial charge < -0.3 is 15.2 Å². The number of hydrogen-bond donors (Lipinski definition) is 1. The highest BCUT2D eigenvalue weighted by Gasteiger charge is 2.19. The fraction of sp³-hybridized carbons (Fsp3) is 0.500. The standard InChI is InChI=1S/C12H18N2O3/c1-3-11(12(15)16-4-2)17-10-6-5-9(7-13)14-8-10/h5-6,8,11H,3-4,7,13H2,1-2H3. The van der Waals surface area contributed by atoms with Gasteiger partial charge in [-0.15, -0.1) is 0 Å². The average Bonchev–Trinajstić information content (AvgIpc) is 2.37. The normalized spacial score (nSPS) is 11.9. The van der Waals surface area contributed by atoms with Gasteiger partial charge in [0.25, 0.3) is 0 Å². The maximum absolute atomic E-state index is 11.5. The summed E-state index contributed by atoms with van der Waals surface area (Å²) >= 11 is 0. The molecule has 0 radical (unpaired) electrons. The number of ether oxygens (including phenoxy) is 2. The first-order valence-electron chi connectivity index (χ1n) is 5.69. The van der Waals surface area contributed by atoms with Crippen molar-refractivity contribution in [1.29, 1.82) is 0 Å². The minimum Gasteiger partial charge on any atom is -0.477 e. The Bertz CT molecular complexity index is 351. The van der Waals surface area contributed by atoms with Crippen LogP contribution in [0.5, 0.6) is 5.75 Å². The van der Waals surface area contributed by atoms with E-state index < -0.39 is 6.10 Å². The molecule has 0 bridgehead atoms. The van der Waals surface area contributed by atoms with Gasteiger partial charge in [0.15, 0.2) is 6.10 Å². The van der Waals surface area contributed by atoms with Crippen LogP contribution in [-0.4, -0.2) is 23.7 Å². The molecular formula is C12H18N2O3. The van der Waals surface area contributed by atoms with E-state index in [1.807, 2.05) is 6.92 Å². The molecule has 1 aromatic heterocycles. The number of esters is 1. The van der Waals surface area contributed by atoms with Crippen LogP contribution in [0.3, 0.4) is 0 Å². The Balaban J connectivity index is 2.63. The Kier molecular flexibility index (Phi) is 5.42. The van der Waals surface area contributed by atoms with Crippen molar-refractivity contribution >= 4 is 5.97 Å². The number of nitrogens with two attached hydrogens (primary N) is 1. The number of aromatic nitrogens is 1. The summed E-state index contributed by atoms with van der Waals surface area (Å²) in [7, 11) is 0. The third-order valence-corrected chi connectivity index (χ3v) is 2.21. The smallest absolute Gasteiger partial charge is 0.347 e. The Morgan fingerprint density at radius 1 is 1.47 bits per heavy atom. The van der Waals surface area contributed by atoms with Crippen molar-refractivity contribution in [3.8, 4) is 5.75 Å². The van der Waals surface area contributed by atoms with E-state index in [9.17, 15) is 4.79 Å². The van der Waals surface area contributed by atoms with Gasteiger partial charge >= 0.3 is 5.97 Å². The predicted octanol–water partition coefficient (Wildman–Crippen LogP) is 1.26. The molecular weight excluding hydrogens is 220 g/mol. The number of carbonyl (C=O) groups is 1. The SMILES string of the molecule is CCOC(=O)C(CC)Oc1ccc(CN)nc1. The molecule has 0 aliphatic rings. The fourth-order valence-electron chi connectivity index (χ4n) is 1.30. The van der Waals surface area contributed by atoms with Crippen molar-refractivity contribution in [1.82, 2.24) is 4.98 Å². The van der Waals surface area contributed by atoms with Gasteiger partial charge in [-0.25, -0.2) is 4.79 Å². The second-order valence-electron chi connectivity index (χ2n) is 3.46. The monoisotopic (exact) mass is 238 g/mol. The van der Waals surface area contributed by atoms with Gasteiger partial charge in [0.05, 0.1) is 18.5 Å². The predicted molar refractivity (Wildman–Crippen MR) is 63.5 cm³/mol. The summed E-state index contributed by atoms with van der Waals surface area (Å²) in [4.78, 5) is 15.6. The lowest BCUT2D eigenvalue weighted by molar-refractivity contribution is -0.151. The van der Waals surface area contributed by atoms with E-state index in [1.165, 1.54) is 0 Å². The van der Waals surface area contributed by atoms with Gasteiger partial charge in [-0.2, -0.15) is 0 Å². The van der Waals surface area contributed by atoms with Gasteiger partial charge in [0.1, 0.15) is 5.75 Å². The van der Waals surface area contributed by atoms with E-state index in [4.69, 9.17) is 15.2 Å². The molecule has 0 amide bonds. The Morgan fingerprint density at radius 2 is 2.24 bits per heavy atom. The number of nitrogens with zero attached hydrogens (tertiary/aromatic N) is 1. The van der Waals surface area contributed by atoms with Crippen LogP contribution in [-0.2, 0) is 16.1 Å². The van der Waals surface area contributed by atoms with E-state index in [-0.39, 0.29) is 5.97 Å². The summed E-state index contributed by atoms with van der Waals surface area (Å²) in [5.41, 5.74) is 6.22. The highest BCUT2D eigenvalue weighted by atomic mass is 16.6. The minimum absolute atomic E-state index is 0.349. The van der Waals surface area contributed by atoms with Crippen molar-refractivity contribution in [2.45, 2.75) is 32.9 Å². The number of pyridine rings is 1. The second-order valence-corrected chi connectivity index (χ2v) is 3.46. The van der Waals surface area contributed by atoms with Crippen LogP contribution in [0, 0.1) is 0 Å². The Labute approximate surface area is 101 Å². The van der Waals surface area contributed by atoms with Crippen LogP contribution in [0.4, 0.5) is 0 Å². The lowest BCUT2D eigenvalue weighted by Gasteiger charge is -2.15. The summed E-state index contributed by atoms with van der Waals surface area (Å²) < 4.78 is 10.4. The molecule has 17 heavy (non-hydrogen) atoms. The highest BCUT2D eigenvalue weighted by Crippen LogP contribution is 2.13. The third kappa shape index (κ3) is 4.03. The number of hydrogen-bond acceptors (Lipinski definition) is 5. The van der Waals surface area contributed by atoms with Crippen LogP contribution in [0.25, 0.3) is 0 Å². The maximum Gasteiger partial charge on any atom is 0.347 e. The molecule has 94 valence electrons. The minimum atomic E-state index is -0.583. The van der Waals surface area contributed by atoms with Crippen LogP contribution < -0.4 is 10.5 Å². The summed E-state index contributed by atoms with van der Waals surface area (Å²) in [6, 6.07) is 3.52. The van der Waals surface area contributed by atoms with Crippen LogP contribution in [0.1, 0.15) is 26.0 Å². The van der Waals surface area contributed by atoms with Gasteiger partial charge in [0.2, 0.25) is 0 Å². The van der Waals surface area contributed by atoms with Gasteiger partial charge in [-0.3, -0.25) is 4.98 Å². The van der Waals surface area contributed by atoms with Crippen molar-refractivity contribution in [2.24, 2.45) is 5.73 Å². The van der Waals surface area contributed by atoms with Crippen molar-refractivity contribution in [3.05, 3.63) is 24.0 Å². The zero-order valence-corrected chi connectivity index (χ0v) is 10.2. The van der Waals surface area contributed by atoms with E-state index >= 15 is 0 Å². The molecule has 0 aromatic carbocycles. The molecule has 1 rings (SSSR count). The highest BCUT2D eigenvalue weighted by molar-refractivity contribution is 5.75. The molecule has 0 aliphatic carbocycles. The molecule has 1 aromatic rings. The van der Waals surface area contributed by atoms with E-state index in [1.54, 1.807) is 25.3 Å². The van der Waals surface area contributed by atoms with Crippen LogP contribution >= 0.6 is 0 Å². The van der Waals surface area contributed by atoms with Crippen molar-refractivity contribution in [3.63, 3.8) is 0 Å². The van der Waals surface area contributed by atoms with Crippen molar-refractivity contribution in [2.75, 3.05) is 6.61 Å². The summed E-state index contributed by atoms with van der Waals surface area (Å²) in [5, 5.41) is 0. The topological polar surface area (TPSA) is 74.4 Å². The molecule has 0 aliphatic heterocycles. The van der Waals surface area contributed by atoms with Gasteiger partial charge in [0, 0.05) is 6.54 Å². The maximum atomic E-state index is 11.5. The quantitative estimate of drug-likeness (QED) is 0.755.